The zero-order valence-electron chi connectivity index (χ0n) is 18.9. The van der Waals surface area contributed by atoms with Gasteiger partial charge in [-0.05, 0) is 48.5 Å². The number of nitrogens with one attached hydrogen (secondary N) is 2. The highest BCUT2D eigenvalue weighted by Crippen LogP contribution is 2.38. The van der Waals surface area contributed by atoms with Crippen LogP contribution in [0, 0.1) is 17.5 Å². The number of anilines is 2. The predicted octanol–water partition coefficient (Wildman–Crippen LogP) is 4.40. The van der Waals surface area contributed by atoms with Crippen molar-refractivity contribution in [1.29, 1.82) is 0 Å². The summed E-state index contributed by atoms with van der Waals surface area (Å²) in [5.74, 6) is -4.51. The van der Waals surface area contributed by atoms with Gasteiger partial charge >= 0.3 is 0 Å². The fourth-order valence-electron chi connectivity index (χ4n) is 3.01. The van der Waals surface area contributed by atoms with Gasteiger partial charge in [-0.25, -0.2) is 13.2 Å². The Morgan fingerprint density at radius 3 is 2.00 bits per heavy atom. The van der Waals surface area contributed by atoms with Gasteiger partial charge in [0.05, 0.1) is 27.0 Å². The largest absolute Gasteiger partial charge is 0.493 e. The number of hydrogen-bond acceptors (Lipinski definition) is 6. The van der Waals surface area contributed by atoms with Crippen LogP contribution in [0.4, 0.5) is 24.5 Å². The average Bonchev–Trinajstić information content (AvgIpc) is 2.87. The molecular weight excluding hydrogens is 469 g/mol. The molecule has 0 aliphatic rings. The summed E-state index contributed by atoms with van der Waals surface area (Å²) in [7, 11) is 4.33. The van der Waals surface area contributed by atoms with E-state index in [-0.39, 0.29) is 11.3 Å². The number of amides is 2. The topological polar surface area (TPSA) is 95.1 Å². The number of carbonyl (C=O) groups excluding carboxylic acids is 2. The maximum atomic E-state index is 13.7. The van der Waals surface area contributed by atoms with E-state index >= 15 is 0 Å². The van der Waals surface area contributed by atoms with Crippen molar-refractivity contribution in [3.63, 3.8) is 0 Å². The number of methoxy groups -OCH3 is 3. The first-order valence-corrected chi connectivity index (χ1v) is 10.0. The van der Waals surface area contributed by atoms with Gasteiger partial charge in [0, 0.05) is 11.3 Å². The lowest BCUT2D eigenvalue weighted by atomic mass is 10.1. The summed E-state index contributed by atoms with van der Waals surface area (Å²) in [5.41, 5.74) is 0.188. The normalized spacial score (nSPS) is 10.3. The molecule has 0 bridgehead atoms. The molecule has 0 heterocycles. The second kappa shape index (κ2) is 11.1. The molecule has 0 saturated heterocycles. The summed E-state index contributed by atoms with van der Waals surface area (Å²) in [5, 5.41) is 4.80. The van der Waals surface area contributed by atoms with Gasteiger partial charge < -0.3 is 29.6 Å². The summed E-state index contributed by atoms with van der Waals surface area (Å²) in [6.45, 7) is -0.518. The van der Waals surface area contributed by atoms with Crippen molar-refractivity contribution in [1.82, 2.24) is 0 Å². The summed E-state index contributed by atoms with van der Waals surface area (Å²) in [4.78, 5) is 24.6. The van der Waals surface area contributed by atoms with E-state index < -0.39 is 41.6 Å². The smallest absolute Gasteiger partial charge is 0.262 e. The Hall–Kier alpha value is -4.41. The average molecular weight is 490 g/mol. The first-order chi connectivity index (χ1) is 16.8. The Labute approximate surface area is 198 Å². The minimum absolute atomic E-state index is 0.265. The summed E-state index contributed by atoms with van der Waals surface area (Å²) in [6, 6.07) is 10.7. The minimum atomic E-state index is -1.69. The number of rotatable bonds is 9. The maximum Gasteiger partial charge on any atom is 0.262 e. The van der Waals surface area contributed by atoms with Crippen molar-refractivity contribution in [2.24, 2.45) is 0 Å². The van der Waals surface area contributed by atoms with E-state index in [1.54, 1.807) is 0 Å². The van der Waals surface area contributed by atoms with Gasteiger partial charge in [-0.15, -0.1) is 0 Å². The lowest BCUT2D eigenvalue weighted by molar-refractivity contribution is -0.118. The molecule has 0 fully saturated rings. The fourth-order valence-corrected chi connectivity index (χ4v) is 3.01. The molecular formula is C24H21F3N2O6. The minimum Gasteiger partial charge on any atom is -0.493 e. The van der Waals surface area contributed by atoms with E-state index in [0.29, 0.717) is 29.0 Å². The molecule has 3 aromatic rings. The van der Waals surface area contributed by atoms with Crippen molar-refractivity contribution in [3.8, 4) is 23.0 Å². The van der Waals surface area contributed by atoms with Gasteiger partial charge in [-0.3, -0.25) is 9.59 Å². The number of carbonyl (C=O) groups is 2. The van der Waals surface area contributed by atoms with E-state index in [9.17, 15) is 22.8 Å². The molecule has 8 nitrogen and oxygen atoms in total. The molecule has 0 unspecified atom stereocenters. The van der Waals surface area contributed by atoms with Crippen LogP contribution < -0.4 is 29.6 Å². The molecule has 3 aromatic carbocycles. The van der Waals surface area contributed by atoms with Gasteiger partial charge in [0.2, 0.25) is 5.75 Å². The molecule has 0 radical (unpaired) electrons. The highest BCUT2D eigenvalue weighted by molar-refractivity contribution is 6.05. The molecule has 2 N–H and O–H groups in total. The van der Waals surface area contributed by atoms with Crippen molar-refractivity contribution < 1.29 is 41.7 Å². The van der Waals surface area contributed by atoms with Gasteiger partial charge in [-0.1, -0.05) is 0 Å². The first-order valence-electron chi connectivity index (χ1n) is 10.0. The Bertz CT molecular complexity index is 1210. The van der Waals surface area contributed by atoms with E-state index in [4.69, 9.17) is 18.9 Å². The van der Waals surface area contributed by atoms with Crippen LogP contribution in [-0.2, 0) is 4.79 Å². The molecule has 0 aromatic heterocycles. The lowest BCUT2D eigenvalue weighted by Crippen LogP contribution is -2.21. The lowest BCUT2D eigenvalue weighted by Gasteiger charge is -2.14. The predicted molar refractivity (Wildman–Crippen MR) is 121 cm³/mol. The zero-order chi connectivity index (χ0) is 25.5. The van der Waals surface area contributed by atoms with E-state index in [2.05, 4.69) is 10.6 Å². The molecule has 0 spiro atoms. The summed E-state index contributed by atoms with van der Waals surface area (Å²) in [6.07, 6.45) is 0. The van der Waals surface area contributed by atoms with Gasteiger partial charge in [-0.2, -0.15) is 0 Å². The van der Waals surface area contributed by atoms with Gasteiger partial charge in [0.1, 0.15) is 5.75 Å². The van der Waals surface area contributed by atoms with Crippen molar-refractivity contribution in [2.75, 3.05) is 38.6 Å². The number of hydrogen-bond donors (Lipinski definition) is 2. The third-order valence-electron chi connectivity index (χ3n) is 4.72. The van der Waals surface area contributed by atoms with E-state index in [0.717, 1.165) is 6.07 Å². The van der Waals surface area contributed by atoms with Crippen LogP contribution in [0.2, 0.25) is 0 Å². The summed E-state index contributed by atoms with van der Waals surface area (Å²) >= 11 is 0. The highest BCUT2D eigenvalue weighted by Gasteiger charge is 2.18. The van der Waals surface area contributed by atoms with Crippen LogP contribution in [0.1, 0.15) is 10.4 Å². The van der Waals surface area contributed by atoms with Crippen molar-refractivity contribution in [3.05, 3.63) is 71.5 Å². The molecule has 35 heavy (non-hydrogen) atoms. The fraction of sp³-hybridized carbons (Fsp3) is 0.167. The monoisotopic (exact) mass is 490 g/mol. The number of halogens is 3. The standard InChI is InChI=1S/C24H21F3N2O6/c1-32-18-10-13(11-19(33-2)23(18)34-3)24(31)28-14-4-6-15(7-5-14)35-12-20(30)29-17-9-8-16(25)21(26)22(17)27/h4-11H,12H2,1-3H3,(H,28,31)(H,29,30). The third kappa shape index (κ3) is 5.94. The van der Waals surface area contributed by atoms with Crippen LogP contribution >= 0.6 is 0 Å². The van der Waals surface area contributed by atoms with Crippen LogP contribution in [-0.4, -0.2) is 39.8 Å². The maximum absolute atomic E-state index is 13.7. The molecule has 2 amide bonds. The second-order valence-electron chi connectivity index (χ2n) is 6.95. The van der Waals surface area contributed by atoms with Crippen LogP contribution in [0.25, 0.3) is 0 Å². The highest BCUT2D eigenvalue weighted by atomic mass is 19.2. The number of ether oxygens (including phenoxy) is 4. The molecule has 0 atom stereocenters. The van der Waals surface area contributed by atoms with Crippen molar-refractivity contribution >= 4 is 23.2 Å². The SMILES string of the molecule is COc1cc(C(=O)Nc2ccc(OCC(=O)Nc3ccc(F)c(F)c3F)cc2)cc(OC)c1OC. The molecule has 184 valence electrons. The van der Waals surface area contributed by atoms with Crippen LogP contribution in [0.5, 0.6) is 23.0 Å². The first kappa shape index (κ1) is 25.2. The van der Waals surface area contributed by atoms with E-state index in [1.165, 1.54) is 57.7 Å². The Morgan fingerprint density at radius 1 is 0.800 bits per heavy atom. The molecule has 0 saturated carbocycles. The van der Waals surface area contributed by atoms with Gasteiger partial charge in [0.25, 0.3) is 11.8 Å². The van der Waals surface area contributed by atoms with Gasteiger partial charge in [0.15, 0.2) is 35.6 Å². The Balaban J connectivity index is 1.60. The molecule has 11 heteroatoms. The van der Waals surface area contributed by atoms with Crippen LogP contribution in [0.15, 0.2) is 48.5 Å². The molecule has 0 aliphatic heterocycles. The quantitative estimate of drug-likeness (QED) is 0.432. The summed E-state index contributed by atoms with van der Waals surface area (Å²) < 4.78 is 60.9. The Kier molecular flexibility index (Phi) is 8.03. The Morgan fingerprint density at radius 2 is 1.43 bits per heavy atom. The molecule has 3 rings (SSSR count). The second-order valence-corrected chi connectivity index (χ2v) is 6.95. The number of benzene rings is 3. The van der Waals surface area contributed by atoms with E-state index in [1.807, 2.05) is 0 Å². The third-order valence-corrected chi connectivity index (χ3v) is 4.72. The van der Waals surface area contributed by atoms with Crippen LogP contribution in [0.3, 0.4) is 0 Å². The zero-order valence-corrected chi connectivity index (χ0v) is 18.9. The molecule has 0 aliphatic carbocycles. The van der Waals surface area contributed by atoms with Crippen molar-refractivity contribution in [2.45, 2.75) is 0 Å².